The maximum Gasteiger partial charge on any atom is 0.234 e. The molecule has 6 nitrogen and oxygen atoms in total. The first-order valence-corrected chi connectivity index (χ1v) is 13.5. The number of thioether (sulfide) groups is 1. The normalized spacial score (nSPS) is 10.8. The van der Waals surface area contributed by atoms with Gasteiger partial charge in [0.05, 0.1) is 5.75 Å². The lowest BCUT2D eigenvalue weighted by Gasteiger charge is -2.11. The molecule has 1 aromatic heterocycles. The zero-order valence-electron chi connectivity index (χ0n) is 20.1. The Bertz CT molecular complexity index is 1510. The Morgan fingerprint density at radius 2 is 1.47 bits per heavy atom. The Labute approximate surface area is 234 Å². The first-order valence-electron chi connectivity index (χ1n) is 11.7. The monoisotopic (exact) mass is 560 g/mol. The average Bonchev–Trinajstić information content (AvgIpc) is 3.37. The number of aromatic nitrogens is 3. The van der Waals surface area contributed by atoms with Crippen LogP contribution in [0.3, 0.4) is 0 Å². The quantitative estimate of drug-likeness (QED) is 0.188. The van der Waals surface area contributed by atoms with Crippen molar-refractivity contribution in [1.82, 2.24) is 14.8 Å². The minimum absolute atomic E-state index is 0.151. The summed E-state index contributed by atoms with van der Waals surface area (Å²) in [5.74, 6) is 1.36. The summed E-state index contributed by atoms with van der Waals surface area (Å²) >= 11 is 13.5. The lowest BCUT2D eigenvalue weighted by atomic mass is 10.2. The van der Waals surface area contributed by atoms with Crippen LogP contribution in [0.5, 0.6) is 5.75 Å². The molecule has 0 aliphatic rings. The Kier molecular flexibility index (Phi) is 8.28. The highest BCUT2D eigenvalue weighted by atomic mass is 35.5. The van der Waals surface area contributed by atoms with Crippen molar-refractivity contribution in [3.63, 3.8) is 0 Å². The molecule has 9 heteroatoms. The van der Waals surface area contributed by atoms with Crippen molar-refractivity contribution in [1.29, 1.82) is 0 Å². The van der Waals surface area contributed by atoms with E-state index in [1.807, 2.05) is 83.4 Å². The topological polar surface area (TPSA) is 69.0 Å². The second-order valence-corrected chi connectivity index (χ2v) is 10.1. The number of carbonyl (C=O) groups excluding carboxylic acids is 1. The highest BCUT2D eigenvalue weighted by Gasteiger charge is 2.17. The maximum atomic E-state index is 12.7. The van der Waals surface area contributed by atoms with Gasteiger partial charge in [-0.05, 0) is 78.4 Å². The SMILES string of the molecule is O=C(CSc1nnc(-c2ccc(Cl)cc2)n1-c1ccc(Cl)cc1)Nc1ccc(OCc2ccccc2)cc1. The van der Waals surface area contributed by atoms with E-state index in [4.69, 9.17) is 27.9 Å². The van der Waals surface area contributed by atoms with Gasteiger partial charge in [0, 0.05) is 27.0 Å². The third kappa shape index (κ3) is 6.55. The summed E-state index contributed by atoms with van der Waals surface area (Å²) in [6, 6.07) is 32.0. The van der Waals surface area contributed by atoms with E-state index in [-0.39, 0.29) is 11.7 Å². The van der Waals surface area contributed by atoms with E-state index in [9.17, 15) is 4.79 Å². The van der Waals surface area contributed by atoms with Gasteiger partial charge in [0.25, 0.3) is 0 Å². The molecule has 0 radical (unpaired) electrons. The number of hydrogen-bond donors (Lipinski definition) is 1. The van der Waals surface area contributed by atoms with Crippen LogP contribution in [0.15, 0.2) is 108 Å². The number of nitrogens with zero attached hydrogens (tertiary/aromatic N) is 3. The van der Waals surface area contributed by atoms with Crippen molar-refractivity contribution in [2.45, 2.75) is 11.8 Å². The Morgan fingerprint density at radius 3 is 2.16 bits per heavy atom. The van der Waals surface area contributed by atoms with Crippen LogP contribution in [-0.4, -0.2) is 26.4 Å². The fourth-order valence-electron chi connectivity index (χ4n) is 3.67. The minimum Gasteiger partial charge on any atom is -0.489 e. The van der Waals surface area contributed by atoms with E-state index >= 15 is 0 Å². The molecule has 5 aromatic rings. The van der Waals surface area contributed by atoms with Gasteiger partial charge >= 0.3 is 0 Å². The Balaban J connectivity index is 1.25. The number of hydrogen-bond acceptors (Lipinski definition) is 5. The number of benzene rings is 4. The summed E-state index contributed by atoms with van der Waals surface area (Å²) in [5, 5.41) is 13.5. The molecule has 0 atom stereocenters. The van der Waals surface area contributed by atoms with Gasteiger partial charge in [-0.2, -0.15) is 0 Å². The van der Waals surface area contributed by atoms with Gasteiger partial charge in [-0.25, -0.2) is 0 Å². The predicted octanol–water partition coefficient (Wildman–Crippen LogP) is 7.55. The zero-order valence-corrected chi connectivity index (χ0v) is 22.4. The van der Waals surface area contributed by atoms with E-state index in [1.54, 1.807) is 24.3 Å². The van der Waals surface area contributed by atoms with E-state index in [1.165, 1.54) is 11.8 Å². The summed E-state index contributed by atoms with van der Waals surface area (Å²) < 4.78 is 7.71. The first kappa shape index (κ1) is 25.9. The fourth-order valence-corrected chi connectivity index (χ4v) is 4.68. The van der Waals surface area contributed by atoms with Crippen molar-refractivity contribution in [3.8, 4) is 22.8 Å². The molecule has 4 aromatic carbocycles. The number of rotatable bonds is 9. The van der Waals surface area contributed by atoms with Crippen molar-refractivity contribution in [2.24, 2.45) is 0 Å². The molecule has 38 heavy (non-hydrogen) atoms. The van der Waals surface area contributed by atoms with Gasteiger partial charge < -0.3 is 10.1 Å². The molecule has 5 rings (SSSR count). The number of nitrogens with one attached hydrogen (secondary N) is 1. The van der Waals surface area contributed by atoms with Crippen LogP contribution in [0.4, 0.5) is 5.69 Å². The third-order valence-corrected chi connectivity index (χ3v) is 6.97. The predicted molar refractivity (Wildman–Crippen MR) is 153 cm³/mol. The molecule has 0 aliphatic carbocycles. The van der Waals surface area contributed by atoms with E-state index < -0.39 is 0 Å². The van der Waals surface area contributed by atoms with Gasteiger partial charge in [-0.15, -0.1) is 10.2 Å². The summed E-state index contributed by atoms with van der Waals surface area (Å²) in [6.45, 7) is 0.482. The summed E-state index contributed by atoms with van der Waals surface area (Å²) in [6.07, 6.45) is 0. The molecule has 1 amide bonds. The van der Waals surface area contributed by atoms with Gasteiger partial charge in [-0.1, -0.05) is 65.3 Å². The lowest BCUT2D eigenvalue weighted by Crippen LogP contribution is -2.14. The maximum absolute atomic E-state index is 12.7. The molecule has 1 heterocycles. The minimum atomic E-state index is -0.161. The smallest absolute Gasteiger partial charge is 0.234 e. The highest BCUT2D eigenvalue weighted by molar-refractivity contribution is 7.99. The lowest BCUT2D eigenvalue weighted by molar-refractivity contribution is -0.113. The Hall–Kier alpha value is -3.78. The molecule has 0 fully saturated rings. The largest absolute Gasteiger partial charge is 0.489 e. The van der Waals surface area contributed by atoms with Crippen LogP contribution in [0.25, 0.3) is 17.1 Å². The highest BCUT2D eigenvalue weighted by Crippen LogP contribution is 2.29. The van der Waals surface area contributed by atoms with Crippen LogP contribution in [0.2, 0.25) is 10.0 Å². The molecule has 0 saturated carbocycles. The fraction of sp³-hybridized carbons (Fsp3) is 0.0690. The van der Waals surface area contributed by atoms with Crippen molar-refractivity contribution >= 4 is 46.6 Å². The van der Waals surface area contributed by atoms with Gasteiger partial charge in [0.15, 0.2) is 11.0 Å². The van der Waals surface area contributed by atoms with Crippen molar-refractivity contribution < 1.29 is 9.53 Å². The third-order valence-electron chi connectivity index (χ3n) is 5.54. The number of ether oxygens (including phenoxy) is 1. The molecule has 0 bridgehead atoms. The van der Waals surface area contributed by atoms with E-state index in [0.29, 0.717) is 33.3 Å². The zero-order chi connectivity index (χ0) is 26.3. The van der Waals surface area contributed by atoms with Crippen LogP contribution in [-0.2, 0) is 11.4 Å². The van der Waals surface area contributed by atoms with Gasteiger partial charge in [0.1, 0.15) is 12.4 Å². The second kappa shape index (κ2) is 12.2. The average molecular weight is 561 g/mol. The summed E-state index contributed by atoms with van der Waals surface area (Å²) in [5.41, 5.74) is 3.46. The number of halogens is 2. The van der Waals surface area contributed by atoms with E-state index in [2.05, 4.69) is 15.5 Å². The molecule has 0 saturated heterocycles. The molecule has 0 unspecified atom stereocenters. The molecular weight excluding hydrogens is 539 g/mol. The van der Waals surface area contributed by atoms with Crippen LogP contribution in [0.1, 0.15) is 5.56 Å². The molecule has 0 aliphatic heterocycles. The van der Waals surface area contributed by atoms with Gasteiger partial charge in [0.2, 0.25) is 5.91 Å². The first-order chi connectivity index (χ1) is 18.5. The number of amides is 1. The Morgan fingerprint density at radius 1 is 0.816 bits per heavy atom. The van der Waals surface area contributed by atoms with Crippen molar-refractivity contribution in [3.05, 3.63) is 119 Å². The summed E-state index contributed by atoms with van der Waals surface area (Å²) in [4.78, 5) is 12.7. The second-order valence-electron chi connectivity index (χ2n) is 8.26. The molecular formula is C29H22Cl2N4O2S. The number of carbonyl (C=O) groups is 1. The standard InChI is InChI=1S/C29H22Cl2N4O2S/c30-22-8-6-21(7-9-22)28-33-34-29(35(28)25-14-10-23(31)11-15-25)38-19-27(36)32-24-12-16-26(17-13-24)37-18-20-4-2-1-3-5-20/h1-17H,18-19H2,(H,32,36). The van der Waals surface area contributed by atoms with Crippen LogP contribution in [0, 0.1) is 0 Å². The van der Waals surface area contributed by atoms with Crippen LogP contribution < -0.4 is 10.1 Å². The van der Waals surface area contributed by atoms with E-state index in [0.717, 1.165) is 22.6 Å². The molecule has 190 valence electrons. The number of anilines is 1. The van der Waals surface area contributed by atoms with Crippen molar-refractivity contribution in [2.75, 3.05) is 11.1 Å². The van der Waals surface area contributed by atoms with Crippen LogP contribution >= 0.6 is 35.0 Å². The van der Waals surface area contributed by atoms with Gasteiger partial charge in [-0.3, -0.25) is 9.36 Å². The molecule has 1 N–H and O–H groups in total. The summed E-state index contributed by atoms with van der Waals surface area (Å²) in [7, 11) is 0. The molecule has 0 spiro atoms.